The maximum Gasteiger partial charge on any atom is 0.224 e. The minimum Gasteiger partial charge on any atom is -0.379 e. The van der Waals surface area contributed by atoms with Crippen LogP contribution in [0.15, 0.2) is 12.7 Å². The van der Waals surface area contributed by atoms with Gasteiger partial charge in [0.25, 0.3) is 0 Å². The summed E-state index contributed by atoms with van der Waals surface area (Å²) < 4.78 is 5.25. The van der Waals surface area contributed by atoms with E-state index in [1.807, 2.05) is 13.8 Å². The Hall–Kier alpha value is -0.870. The predicted molar refractivity (Wildman–Crippen MR) is 61.5 cm³/mol. The second-order valence-electron chi connectivity index (χ2n) is 3.63. The van der Waals surface area contributed by atoms with E-state index in [0.717, 1.165) is 6.42 Å². The van der Waals surface area contributed by atoms with Crippen LogP contribution in [0.3, 0.4) is 0 Å². The van der Waals surface area contributed by atoms with Crippen LogP contribution in [0.2, 0.25) is 0 Å². The second kappa shape index (κ2) is 8.44. The summed E-state index contributed by atoms with van der Waals surface area (Å²) in [5.41, 5.74) is 5.60. The molecule has 0 aliphatic rings. The van der Waals surface area contributed by atoms with Crippen molar-refractivity contribution < 1.29 is 9.53 Å². The molecule has 0 aromatic heterocycles. The molecule has 15 heavy (non-hydrogen) atoms. The lowest BCUT2D eigenvalue weighted by Crippen LogP contribution is -2.39. The Kier molecular flexibility index (Phi) is 7.95. The lowest BCUT2D eigenvalue weighted by Gasteiger charge is -2.15. The fourth-order valence-electron chi connectivity index (χ4n) is 0.915. The number of nitrogens with two attached hydrogens (primary N) is 1. The van der Waals surface area contributed by atoms with Crippen LogP contribution < -0.4 is 11.1 Å². The Labute approximate surface area is 91.9 Å². The number of rotatable bonds is 8. The summed E-state index contributed by atoms with van der Waals surface area (Å²) in [7, 11) is 0. The third kappa shape index (κ3) is 7.11. The Morgan fingerprint density at radius 2 is 2.20 bits per heavy atom. The molecule has 3 N–H and O–H groups in total. The van der Waals surface area contributed by atoms with Gasteiger partial charge < -0.3 is 15.8 Å². The first-order valence-corrected chi connectivity index (χ1v) is 5.31. The summed E-state index contributed by atoms with van der Waals surface area (Å²) in [6.07, 6.45) is 2.64. The van der Waals surface area contributed by atoms with Gasteiger partial charge in [-0.2, -0.15) is 0 Å². The highest BCUT2D eigenvalue weighted by Crippen LogP contribution is 1.98. The van der Waals surface area contributed by atoms with E-state index in [1.165, 1.54) is 0 Å². The molecule has 0 saturated heterocycles. The predicted octanol–water partition coefficient (Wildman–Crippen LogP) is 0.679. The summed E-state index contributed by atoms with van der Waals surface area (Å²) >= 11 is 0. The van der Waals surface area contributed by atoms with Gasteiger partial charge >= 0.3 is 0 Å². The van der Waals surface area contributed by atoms with E-state index >= 15 is 0 Å². The number of hydrogen-bond acceptors (Lipinski definition) is 3. The quantitative estimate of drug-likeness (QED) is 0.461. The Bertz CT molecular complexity index is 193. The van der Waals surface area contributed by atoms with Crippen LogP contribution in [0.1, 0.15) is 20.3 Å². The number of ether oxygens (including phenoxy) is 1. The van der Waals surface area contributed by atoms with Crippen LogP contribution >= 0.6 is 0 Å². The lowest BCUT2D eigenvalue weighted by molar-refractivity contribution is -0.125. The minimum absolute atomic E-state index is 0.0164. The van der Waals surface area contributed by atoms with Crippen LogP contribution in [-0.2, 0) is 9.53 Å². The van der Waals surface area contributed by atoms with Crippen molar-refractivity contribution in [1.82, 2.24) is 5.32 Å². The molecule has 0 aromatic rings. The van der Waals surface area contributed by atoms with Crippen molar-refractivity contribution in [2.24, 2.45) is 11.7 Å². The number of carbonyl (C=O) groups is 1. The van der Waals surface area contributed by atoms with Crippen LogP contribution in [-0.4, -0.2) is 31.7 Å². The molecule has 0 heterocycles. The third-order valence-electron chi connectivity index (χ3n) is 2.21. The largest absolute Gasteiger partial charge is 0.379 e. The third-order valence-corrected chi connectivity index (χ3v) is 2.21. The maximum atomic E-state index is 11.4. The SMILES string of the molecule is C=CCCOCCNC(=O)C(C)C(C)N. The average Bonchev–Trinajstić information content (AvgIpc) is 2.21. The summed E-state index contributed by atoms with van der Waals surface area (Å²) in [4.78, 5) is 11.4. The van der Waals surface area contributed by atoms with Gasteiger partial charge in [0.1, 0.15) is 0 Å². The molecule has 88 valence electrons. The molecule has 4 nitrogen and oxygen atoms in total. The molecule has 0 aliphatic carbocycles. The molecule has 0 radical (unpaired) electrons. The first-order chi connectivity index (χ1) is 7.09. The van der Waals surface area contributed by atoms with Gasteiger partial charge in [0, 0.05) is 18.5 Å². The van der Waals surface area contributed by atoms with Crippen molar-refractivity contribution in [3.05, 3.63) is 12.7 Å². The number of hydrogen-bond donors (Lipinski definition) is 2. The van der Waals surface area contributed by atoms with E-state index in [2.05, 4.69) is 11.9 Å². The minimum atomic E-state index is -0.154. The Morgan fingerprint density at radius 1 is 1.53 bits per heavy atom. The van der Waals surface area contributed by atoms with Gasteiger partial charge in [-0.3, -0.25) is 4.79 Å². The second-order valence-corrected chi connectivity index (χ2v) is 3.63. The Balaban J connectivity index is 3.43. The summed E-state index contributed by atoms with van der Waals surface area (Å²) in [5.74, 6) is -0.171. The van der Waals surface area contributed by atoms with E-state index in [9.17, 15) is 4.79 Å². The van der Waals surface area contributed by atoms with E-state index < -0.39 is 0 Å². The Morgan fingerprint density at radius 3 is 2.73 bits per heavy atom. The van der Waals surface area contributed by atoms with Crippen LogP contribution in [0.5, 0.6) is 0 Å². The highest BCUT2D eigenvalue weighted by atomic mass is 16.5. The average molecular weight is 214 g/mol. The van der Waals surface area contributed by atoms with Gasteiger partial charge in [0.15, 0.2) is 0 Å². The van der Waals surface area contributed by atoms with Crippen molar-refractivity contribution in [1.29, 1.82) is 0 Å². The highest BCUT2D eigenvalue weighted by molar-refractivity contribution is 5.78. The zero-order chi connectivity index (χ0) is 11.7. The van der Waals surface area contributed by atoms with E-state index in [-0.39, 0.29) is 17.9 Å². The fraction of sp³-hybridized carbons (Fsp3) is 0.727. The van der Waals surface area contributed by atoms with Crippen LogP contribution in [0.25, 0.3) is 0 Å². The molecule has 4 heteroatoms. The topological polar surface area (TPSA) is 64.3 Å². The molecule has 2 unspecified atom stereocenters. The van der Waals surface area contributed by atoms with E-state index in [4.69, 9.17) is 10.5 Å². The first-order valence-electron chi connectivity index (χ1n) is 5.31. The zero-order valence-electron chi connectivity index (χ0n) is 9.66. The van der Waals surface area contributed by atoms with Gasteiger partial charge in [-0.15, -0.1) is 6.58 Å². The number of carbonyl (C=O) groups excluding carboxylic acids is 1. The van der Waals surface area contributed by atoms with Crippen molar-refractivity contribution in [3.63, 3.8) is 0 Å². The molecule has 0 rings (SSSR count). The molecule has 0 fully saturated rings. The summed E-state index contributed by atoms with van der Waals surface area (Å²) in [6, 6.07) is -0.119. The molecule has 0 spiro atoms. The fourth-order valence-corrected chi connectivity index (χ4v) is 0.915. The smallest absolute Gasteiger partial charge is 0.224 e. The molecule has 0 aliphatic heterocycles. The van der Waals surface area contributed by atoms with Crippen molar-refractivity contribution in [2.75, 3.05) is 19.8 Å². The standard InChI is InChI=1S/C11H22N2O2/c1-4-5-7-15-8-6-13-11(14)9(2)10(3)12/h4,9-10H,1,5-8,12H2,2-3H3,(H,13,14). The van der Waals surface area contributed by atoms with Gasteiger partial charge in [-0.25, -0.2) is 0 Å². The lowest BCUT2D eigenvalue weighted by atomic mass is 10.0. The molecule has 0 bridgehead atoms. The van der Waals surface area contributed by atoms with Crippen molar-refractivity contribution in [2.45, 2.75) is 26.3 Å². The number of amides is 1. The van der Waals surface area contributed by atoms with Gasteiger partial charge in [0.05, 0.1) is 13.2 Å². The van der Waals surface area contributed by atoms with Gasteiger partial charge in [0.2, 0.25) is 5.91 Å². The van der Waals surface area contributed by atoms with Crippen molar-refractivity contribution in [3.8, 4) is 0 Å². The molecular formula is C11H22N2O2. The molecule has 1 amide bonds. The molecule has 0 saturated carbocycles. The van der Waals surface area contributed by atoms with Crippen molar-refractivity contribution >= 4 is 5.91 Å². The first kappa shape index (κ1) is 14.1. The van der Waals surface area contributed by atoms with E-state index in [0.29, 0.717) is 19.8 Å². The zero-order valence-corrected chi connectivity index (χ0v) is 9.66. The summed E-state index contributed by atoms with van der Waals surface area (Å²) in [5, 5.41) is 2.77. The monoisotopic (exact) mass is 214 g/mol. The molecular weight excluding hydrogens is 192 g/mol. The summed E-state index contributed by atoms with van der Waals surface area (Å²) in [6.45, 7) is 8.95. The van der Waals surface area contributed by atoms with Gasteiger partial charge in [-0.05, 0) is 13.3 Å². The van der Waals surface area contributed by atoms with Crippen LogP contribution in [0.4, 0.5) is 0 Å². The normalized spacial score (nSPS) is 14.3. The van der Waals surface area contributed by atoms with E-state index in [1.54, 1.807) is 6.08 Å². The molecule has 2 atom stereocenters. The van der Waals surface area contributed by atoms with Gasteiger partial charge in [-0.1, -0.05) is 13.0 Å². The number of nitrogens with one attached hydrogen (secondary N) is 1. The maximum absolute atomic E-state index is 11.4. The molecule has 0 aromatic carbocycles. The van der Waals surface area contributed by atoms with Crippen LogP contribution in [0, 0.1) is 5.92 Å². The highest BCUT2D eigenvalue weighted by Gasteiger charge is 2.15.